The minimum Gasteiger partial charge on any atom is -0.480 e. The van der Waals surface area contributed by atoms with Gasteiger partial charge in [-0.3, -0.25) is 0 Å². The fourth-order valence-corrected chi connectivity index (χ4v) is 1.41. The normalized spacial score (nSPS) is 15.2. The largest absolute Gasteiger partial charge is 0.480 e. The summed E-state index contributed by atoms with van der Waals surface area (Å²) in [6, 6.07) is -0.708. The van der Waals surface area contributed by atoms with Crippen LogP contribution in [0.5, 0.6) is 0 Å². The number of hydrogen-bond donors (Lipinski definition) is 2. The van der Waals surface area contributed by atoms with Gasteiger partial charge in [-0.25, -0.2) is 4.79 Å². The van der Waals surface area contributed by atoms with E-state index in [-0.39, 0.29) is 17.3 Å². The third kappa shape index (κ3) is 3.45. The van der Waals surface area contributed by atoms with E-state index in [1.807, 2.05) is 34.6 Å². The van der Waals surface area contributed by atoms with Gasteiger partial charge in [0.05, 0.1) is 0 Å². The number of nitrogens with one attached hydrogen (secondary N) is 1. The molecule has 102 valence electrons. The molecule has 1 heterocycles. The second-order valence-corrected chi connectivity index (χ2v) is 5.52. The monoisotopic (exact) mass is 255 g/mol. The first-order valence-electron chi connectivity index (χ1n) is 6.09. The number of carboxylic acids is 1. The second kappa shape index (κ2) is 5.37. The lowest BCUT2D eigenvalue weighted by Gasteiger charge is -2.18. The van der Waals surface area contributed by atoms with Gasteiger partial charge < -0.3 is 14.9 Å². The molecule has 0 spiro atoms. The molecule has 0 unspecified atom stereocenters. The number of hydrogen-bond acceptors (Lipinski definition) is 5. The van der Waals surface area contributed by atoms with Gasteiger partial charge >= 0.3 is 5.97 Å². The number of anilines is 1. The Morgan fingerprint density at radius 2 is 2.11 bits per heavy atom. The summed E-state index contributed by atoms with van der Waals surface area (Å²) < 4.78 is 5.11. The maximum Gasteiger partial charge on any atom is 0.326 e. The highest BCUT2D eigenvalue weighted by molar-refractivity contribution is 5.76. The summed E-state index contributed by atoms with van der Waals surface area (Å²) in [4.78, 5) is 15.3. The Balaban J connectivity index is 2.82. The quantitative estimate of drug-likeness (QED) is 0.839. The van der Waals surface area contributed by atoms with Gasteiger partial charge in [0.25, 0.3) is 5.95 Å². The van der Waals surface area contributed by atoms with E-state index < -0.39 is 12.0 Å². The summed E-state index contributed by atoms with van der Waals surface area (Å²) in [5.74, 6) is -0.212. The zero-order valence-electron chi connectivity index (χ0n) is 11.5. The Morgan fingerprint density at radius 3 is 2.50 bits per heavy atom. The van der Waals surface area contributed by atoms with Crippen molar-refractivity contribution in [1.29, 1.82) is 0 Å². The van der Waals surface area contributed by atoms with Gasteiger partial charge in [0.15, 0.2) is 0 Å². The molecule has 6 heteroatoms. The van der Waals surface area contributed by atoms with Crippen LogP contribution in [0.25, 0.3) is 0 Å². The third-order valence-corrected chi connectivity index (χ3v) is 2.83. The van der Waals surface area contributed by atoms with E-state index in [0.717, 1.165) is 6.42 Å². The van der Waals surface area contributed by atoms with E-state index in [1.54, 1.807) is 0 Å². The van der Waals surface area contributed by atoms with Gasteiger partial charge in [-0.2, -0.15) is 4.98 Å². The van der Waals surface area contributed by atoms with Crippen molar-refractivity contribution in [2.24, 2.45) is 5.92 Å². The lowest BCUT2D eigenvalue weighted by atomic mass is 9.97. The molecule has 18 heavy (non-hydrogen) atoms. The molecule has 0 saturated carbocycles. The topological polar surface area (TPSA) is 88.3 Å². The van der Waals surface area contributed by atoms with Gasteiger partial charge in [-0.15, -0.1) is 0 Å². The summed E-state index contributed by atoms with van der Waals surface area (Å²) in [5.41, 5.74) is -0.248. The van der Waals surface area contributed by atoms with Crippen LogP contribution in [0.3, 0.4) is 0 Å². The van der Waals surface area contributed by atoms with Crippen LogP contribution in [-0.2, 0) is 10.2 Å². The zero-order valence-corrected chi connectivity index (χ0v) is 11.5. The van der Waals surface area contributed by atoms with Crippen LogP contribution in [0.1, 0.15) is 46.9 Å². The minimum absolute atomic E-state index is 0.0147. The predicted octanol–water partition coefficient (Wildman–Crippen LogP) is 2.28. The number of carbonyl (C=O) groups is 1. The molecule has 0 amide bonds. The van der Waals surface area contributed by atoms with Crippen LogP contribution in [0.2, 0.25) is 0 Å². The highest BCUT2D eigenvalue weighted by Gasteiger charge is 2.27. The second-order valence-electron chi connectivity index (χ2n) is 5.52. The number of aromatic nitrogens is 2. The molecule has 2 N–H and O–H groups in total. The van der Waals surface area contributed by atoms with Crippen molar-refractivity contribution in [3.63, 3.8) is 0 Å². The van der Waals surface area contributed by atoms with Gasteiger partial charge in [0, 0.05) is 5.41 Å². The molecule has 2 atom stereocenters. The molecule has 0 fully saturated rings. The van der Waals surface area contributed by atoms with Crippen LogP contribution in [-0.4, -0.2) is 27.3 Å². The summed E-state index contributed by atoms with van der Waals surface area (Å²) in [6.45, 7) is 9.67. The number of rotatable bonds is 5. The van der Waals surface area contributed by atoms with Crippen molar-refractivity contribution >= 4 is 11.9 Å². The molecule has 1 aromatic rings. The first kappa shape index (κ1) is 14.5. The molecule has 1 rings (SSSR count). The van der Waals surface area contributed by atoms with E-state index in [0.29, 0.717) is 5.89 Å². The van der Waals surface area contributed by atoms with Crippen molar-refractivity contribution in [2.45, 2.75) is 52.5 Å². The van der Waals surface area contributed by atoms with Gasteiger partial charge in [-0.05, 0) is 11.1 Å². The maximum absolute atomic E-state index is 11.2. The van der Waals surface area contributed by atoms with Gasteiger partial charge in [0.1, 0.15) is 6.04 Å². The fourth-order valence-electron chi connectivity index (χ4n) is 1.41. The summed E-state index contributed by atoms with van der Waals surface area (Å²) >= 11 is 0. The average Bonchev–Trinajstić information content (AvgIpc) is 2.72. The first-order chi connectivity index (χ1) is 8.25. The number of aliphatic carboxylic acids is 1. The highest BCUT2D eigenvalue weighted by atomic mass is 16.5. The molecular weight excluding hydrogens is 234 g/mol. The van der Waals surface area contributed by atoms with Crippen molar-refractivity contribution < 1.29 is 14.4 Å². The Bertz CT molecular complexity index is 409. The molecule has 1 aromatic heterocycles. The molecule has 0 bridgehead atoms. The van der Waals surface area contributed by atoms with E-state index in [4.69, 9.17) is 9.63 Å². The van der Waals surface area contributed by atoms with Crippen molar-refractivity contribution in [3.8, 4) is 0 Å². The van der Waals surface area contributed by atoms with E-state index >= 15 is 0 Å². The van der Waals surface area contributed by atoms with Gasteiger partial charge in [0.2, 0.25) is 5.89 Å². The minimum atomic E-state index is -0.911. The molecule has 0 aliphatic carbocycles. The van der Waals surface area contributed by atoms with Crippen molar-refractivity contribution in [1.82, 2.24) is 10.1 Å². The Kier molecular flexibility index (Phi) is 4.32. The lowest BCUT2D eigenvalue weighted by Crippen LogP contribution is -2.35. The smallest absolute Gasteiger partial charge is 0.326 e. The van der Waals surface area contributed by atoms with Crippen LogP contribution in [0.15, 0.2) is 4.52 Å². The van der Waals surface area contributed by atoms with Crippen LogP contribution in [0.4, 0.5) is 5.95 Å². The Labute approximate surface area is 107 Å². The summed E-state index contributed by atoms with van der Waals surface area (Å²) in [6.07, 6.45) is 0.758. The fraction of sp³-hybridized carbons (Fsp3) is 0.750. The zero-order chi connectivity index (χ0) is 13.9. The predicted molar refractivity (Wildman–Crippen MR) is 67.5 cm³/mol. The van der Waals surface area contributed by atoms with E-state index in [9.17, 15) is 4.79 Å². The van der Waals surface area contributed by atoms with Gasteiger partial charge in [-0.1, -0.05) is 41.0 Å². The Hall–Kier alpha value is -1.59. The molecule has 0 radical (unpaired) electrons. The maximum atomic E-state index is 11.2. The SMILES string of the molecule is CC[C@H](C)[C@H](Nc1noc(C(C)(C)C)n1)C(=O)O. The third-order valence-electron chi connectivity index (χ3n) is 2.83. The Morgan fingerprint density at radius 1 is 1.50 bits per heavy atom. The highest BCUT2D eigenvalue weighted by Crippen LogP contribution is 2.22. The molecule has 0 aromatic carbocycles. The molecule has 0 saturated heterocycles. The number of carboxylic acid groups (broad SMARTS) is 1. The van der Waals surface area contributed by atoms with Crippen LogP contribution in [0, 0.1) is 5.92 Å². The summed E-state index contributed by atoms with van der Waals surface area (Å²) in [5, 5.41) is 15.7. The van der Waals surface area contributed by atoms with E-state index in [1.165, 1.54) is 0 Å². The molecule has 0 aliphatic rings. The molecular formula is C12H21N3O3. The standard InChI is InChI=1S/C12H21N3O3/c1-6-7(2)8(9(16)17)13-11-14-10(18-15-11)12(3,4)5/h7-8H,6H2,1-5H3,(H,13,15)(H,16,17)/t7-,8-/m0/s1. The molecule has 0 aliphatic heterocycles. The van der Waals surface area contributed by atoms with E-state index in [2.05, 4.69) is 15.5 Å². The molecule has 6 nitrogen and oxygen atoms in total. The lowest BCUT2D eigenvalue weighted by molar-refractivity contribution is -0.139. The summed E-state index contributed by atoms with van der Waals surface area (Å²) in [7, 11) is 0. The van der Waals surface area contributed by atoms with Crippen molar-refractivity contribution in [3.05, 3.63) is 5.89 Å². The number of nitrogens with zero attached hydrogens (tertiary/aromatic N) is 2. The van der Waals surface area contributed by atoms with Crippen molar-refractivity contribution in [2.75, 3.05) is 5.32 Å². The van der Waals surface area contributed by atoms with Crippen LogP contribution < -0.4 is 5.32 Å². The van der Waals surface area contributed by atoms with Crippen LogP contribution >= 0.6 is 0 Å². The first-order valence-corrected chi connectivity index (χ1v) is 6.09. The average molecular weight is 255 g/mol.